The molecule has 100 valence electrons. The summed E-state index contributed by atoms with van der Waals surface area (Å²) in [6.45, 7) is 3.29. The van der Waals surface area contributed by atoms with Crippen LogP contribution in [0.5, 0.6) is 0 Å². The van der Waals surface area contributed by atoms with Crippen molar-refractivity contribution in [2.75, 3.05) is 12.0 Å². The van der Waals surface area contributed by atoms with E-state index < -0.39 is 27.3 Å². The summed E-state index contributed by atoms with van der Waals surface area (Å²) in [5.74, 6) is -1.43. The third kappa shape index (κ3) is 3.43. The maximum absolute atomic E-state index is 11.4. The molecule has 6 nitrogen and oxygen atoms in total. The lowest BCUT2D eigenvalue weighted by Gasteiger charge is -2.18. The standard InChI is InChI=1S/C11H15NO5S/c1-7-4-10(13)9(11(14)15)5-12(7)8(2)6-18(3,16)17/h4-5,8H,6H2,1-3H3,(H,14,15). The van der Waals surface area contributed by atoms with Gasteiger partial charge in [0, 0.05) is 30.3 Å². The molecule has 0 aliphatic carbocycles. The van der Waals surface area contributed by atoms with Gasteiger partial charge in [-0.15, -0.1) is 0 Å². The number of hydrogen-bond acceptors (Lipinski definition) is 4. The molecule has 7 heteroatoms. The van der Waals surface area contributed by atoms with Crippen molar-refractivity contribution in [1.82, 2.24) is 4.57 Å². The van der Waals surface area contributed by atoms with Crippen LogP contribution in [0, 0.1) is 6.92 Å². The predicted molar refractivity (Wildman–Crippen MR) is 66.8 cm³/mol. The van der Waals surface area contributed by atoms with E-state index >= 15 is 0 Å². The third-order valence-electron chi connectivity index (χ3n) is 2.53. The summed E-state index contributed by atoms with van der Waals surface area (Å²) >= 11 is 0. The smallest absolute Gasteiger partial charge is 0.341 e. The molecule has 1 N–H and O–H groups in total. The summed E-state index contributed by atoms with van der Waals surface area (Å²) in [5.41, 5.74) is -0.412. The fourth-order valence-corrected chi connectivity index (χ4v) is 2.84. The molecular weight excluding hydrogens is 258 g/mol. The second-order valence-corrected chi connectivity index (χ2v) is 6.53. The number of aromatic nitrogens is 1. The summed E-state index contributed by atoms with van der Waals surface area (Å²) in [5, 5.41) is 8.86. The highest BCUT2D eigenvalue weighted by Gasteiger charge is 2.16. The Kier molecular flexibility index (Phi) is 3.95. The Hall–Kier alpha value is -1.63. The van der Waals surface area contributed by atoms with E-state index in [4.69, 9.17) is 5.11 Å². The Morgan fingerprint density at radius 2 is 2.06 bits per heavy atom. The number of aromatic carboxylic acids is 1. The first-order valence-corrected chi connectivity index (χ1v) is 7.31. The van der Waals surface area contributed by atoms with Gasteiger partial charge in [-0.05, 0) is 13.8 Å². The fourth-order valence-electron chi connectivity index (χ4n) is 1.80. The Bertz CT molecular complexity index is 629. The van der Waals surface area contributed by atoms with Gasteiger partial charge in [-0.3, -0.25) is 4.79 Å². The van der Waals surface area contributed by atoms with Crippen LogP contribution in [0.4, 0.5) is 0 Å². The van der Waals surface area contributed by atoms with Gasteiger partial charge < -0.3 is 9.67 Å². The normalized spacial score (nSPS) is 13.3. The zero-order valence-electron chi connectivity index (χ0n) is 10.4. The van der Waals surface area contributed by atoms with Gasteiger partial charge in [-0.1, -0.05) is 0 Å². The largest absolute Gasteiger partial charge is 0.477 e. The maximum atomic E-state index is 11.4. The number of aryl methyl sites for hydroxylation is 1. The van der Waals surface area contributed by atoms with E-state index in [2.05, 4.69) is 0 Å². The summed E-state index contributed by atoms with van der Waals surface area (Å²) < 4.78 is 23.9. The van der Waals surface area contributed by atoms with Crippen LogP contribution in [0.1, 0.15) is 29.0 Å². The van der Waals surface area contributed by atoms with E-state index in [9.17, 15) is 18.0 Å². The summed E-state index contributed by atoms with van der Waals surface area (Å²) in [4.78, 5) is 22.3. The average molecular weight is 273 g/mol. The van der Waals surface area contributed by atoms with Gasteiger partial charge in [-0.2, -0.15) is 0 Å². The highest BCUT2D eigenvalue weighted by Crippen LogP contribution is 2.12. The van der Waals surface area contributed by atoms with Gasteiger partial charge in [0.1, 0.15) is 15.4 Å². The SMILES string of the molecule is Cc1cc(=O)c(C(=O)O)cn1C(C)CS(C)(=O)=O. The highest BCUT2D eigenvalue weighted by atomic mass is 32.2. The molecule has 1 aromatic heterocycles. The number of carbonyl (C=O) groups is 1. The van der Waals surface area contributed by atoms with Gasteiger partial charge in [0.25, 0.3) is 0 Å². The van der Waals surface area contributed by atoms with Gasteiger partial charge in [0.05, 0.1) is 5.75 Å². The van der Waals surface area contributed by atoms with E-state index in [1.165, 1.54) is 16.8 Å². The van der Waals surface area contributed by atoms with Gasteiger partial charge in [-0.25, -0.2) is 13.2 Å². The molecule has 0 radical (unpaired) electrons. The zero-order valence-corrected chi connectivity index (χ0v) is 11.2. The molecule has 0 spiro atoms. The Labute approximate surface area is 105 Å². The van der Waals surface area contributed by atoms with E-state index in [-0.39, 0.29) is 11.3 Å². The Morgan fingerprint density at radius 3 is 2.50 bits per heavy atom. The molecule has 1 aromatic rings. The number of nitrogens with zero attached hydrogens (tertiary/aromatic N) is 1. The van der Waals surface area contributed by atoms with Crippen LogP contribution in [0.2, 0.25) is 0 Å². The van der Waals surface area contributed by atoms with Crippen LogP contribution in [0.3, 0.4) is 0 Å². The minimum absolute atomic E-state index is 0.115. The van der Waals surface area contributed by atoms with Crippen molar-refractivity contribution < 1.29 is 18.3 Å². The first-order chi connectivity index (χ1) is 8.11. The molecule has 0 aliphatic rings. The molecule has 1 atom stereocenters. The van der Waals surface area contributed by atoms with Crippen LogP contribution in [-0.4, -0.2) is 36.1 Å². The van der Waals surface area contributed by atoms with E-state index in [1.807, 2.05) is 0 Å². The molecular formula is C11H15NO5S. The Balaban J connectivity index is 3.29. The number of pyridine rings is 1. The maximum Gasteiger partial charge on any atom is 0.341 e. The topological polar surface area (TPSA) is 93.4 Å². The molecule has 0 bridgehead atoms. The zero-order chi connectivity index (χ0) is 14.1. The number of sulfone groups is 1. The van der Waals surface area contributed by atoms with Crippen LogP contribution < -0.4 is 5.43 Å². The summed E-state index contributed by atoms with van der Waals surface area (Å²) in [7, 11) is -3.18. The molecule has 1 unspecified atom stereocenters. The van der Waals surface area contributed by atoms with Crippen molar-refractivity contribution in [3.8, 4) is 0 Å². The molecule has 18 heavy (non-hydrogen) atoms. The van der Waals surface area contributed by atoms with Crippen LogP contribution >= 0.6 is 0 Å². The van der Waals surface area contributed by atoms with Crippen molar-refractivity contribution in [2.24, 2.45) is 0 Å². The van der Waals surface area contributed by atoms with Gasteiger partial charge >= 0.3 is 5.97 Å². The minimum Gasteiger partial charge on any atom is -0.477 e. The predicted octanol–water partition coefficient (Wildman–Crippen LogP) is 0.461. The van der Waals surface area contributed by atoms with E-state index in [0.29, 0.717) is 5.69 Å². The lowest BCUT2D eigenvalue weighted by Crippen LogP contribution is -2.23. The lowest BCUT2D eigenvalue weighted by atomic mass is 10.2. The van der Waals surface area contributed by atoms with E-state index in [0.717, 1.165) is 6.26 Å². The summed E-state index contributed by atoms with van der Waals surface area (Å²) in [6.07, 6.45) is 2.30. The molecule has 1 heterocycles. The van der Waals surface area contributed by atoms with Crippen molar-refractivity contribution in [1.29, 1.82) is 0 Å². The number of carboxylic acids is 1. The number of carboxylic acid groups (broad SMARTS) is 1. The van der Waals surface area contributed by atoms with Gasteiger partial charge in [0.15, 0.2) is 5.43 Å². The quantitative estimate of drug-likeness (QED) is 0.860. The number of rotatable bonds is 4. The second kappa shape index (κ2) is 4.93. The van der Waals surface area contributed by atoms with E-state index in [1.54, 1.807) is 13.8 Å². The van der Waals surface area contributed by atoms with Crippen LogP contribution in [0.25, 0.3) is 0 Å². The monoisotopic (exact) mass is 273 g/mol. The Morgan fingerprint density at radius 1 is 1.50 bits per heavy atom. The van der Waals surface area contributed by atoms with Gasteiger partial charge in [0.2, 0.25) is 0 Å². The number of hydrogen-bond donors (Lipinski definition) is 1. The van der Waals surface area contributed by atoms with Crippen molar-refractivity contribution in [2.45, 2.75) is 19.9 Å². The molecule has 1 rings (SSSR count). The molecule has 0 aromatic carbocycles. The molecule has 0 saturated heterocycles. The van der Waals surface area contributed by atoms with Crippen LogP contribution in [0.15, 0.2) is 17.1 Å². The van der Waals surface area contributed by atoms with Crippen LogP contribution in [-0.2, 0) is 9.84 Å². The average Bonchev–Trinajstić information content (AvgIpc) is 2.13. The molecule has 0 saturated carbocycles. The molecule has 0 amide bonds. The van der Waals surface area contributed by atoms with Crippen molar-refractivity contribution in [3.05, 3.63) is 33.7 Å². The molecule has 0 fully saturated rings. The first-order valence-electron chi connectivity index (χ1n) is 5.25. The highest BCUT2D eigenvalue weighted by molar-refractivity contribution is 7.90. The lowest BCUT2D eigenvalue weighted by molar-refractivity contribution is 0.0694. The molecule has 0 aliphatic heterocycles. The fraction of sp³-hybridized carbons (Fsp3) is 0.455. The third-order valence-corrected chi connectivity index (χ3v) is 3.62. The van der Waals surface area contributed by atoms with Crippen molar-refractivity contribution >= 4 is 15.8 Å². The second-order valence-electron chi connectivity index (χ2n) is 4.35. The first kappa shape index (κ1) is 14.4. The minimum atomic E-state index is -3.18. The summed E-state index contributed by atoms with van der Waals surface area (Å²) in [6, 6.07) is 0.765. The van der Waals surface area contributed by atoms with Crippen molar-refractivity contribution in [3.63, 3.8) is 0 Å².